The highest BCUT2D eigenvalue weighted by molar-refractivity contribution is 5.76. The summed E-state index contributed by atoms with van der Waals surface area (Å²) in [5.74, 6) is 0.224. The Balaban J connectivity index is 1.61. The first-order valence-electron chi connectivity index (χ1n) is 8.47. The van der Waals surface area contributed by atoms with Crippen molar-refractivity contribution in [2.24, 2.45) is 5.92 Å². The molecule has 1 unspecified atom stereocenters. The van der Waals surface area contributed by atoms with Gasteiger partial charge in [0.25, 0.3) is 0 Å². The third-order valence-corrected chi connectivity index (χ3v) is 4.46. The van der Waals surface area contributed by atoms with Gasteiger partial charge in [0.15, 0.2) is 0 Å². The van der Waals surface area contributed by atoms with Gasteiger partial charge in [-0.25, -0.2) is 4.39 Å². The Kier molecular flexibility index (Phi) is 6.99. The van der Waals surface area contributed by atoms with Gasteiger partial charge < -0.3 is 15.3 Å². The quantitative estimate of drug-likeness (QED) is 0.758. The molecule has 1 aliphatic heterocycles. The van der Waals surface area contributed by atoms with Gasteiger partial charge >= 0.3 is 0 Å². The van der Waals surface area contributed by atoms with Crippen LogP contribution in [0.25, 0.3) is 0 Å². The summed E-state index contributed by atoms with van der Waals surface area (Å²) in [5.41, 5.74) is 0.433. The Morgan fingerprint density at radius 3 is 2.87 bits per heavy atom. The minimum atomic E-state index is -0.964. The molecule has 23 heavy (non-hydrogen) atoms. The molecule has 0 aliphatic carbocycles. The molecule has 2 N–H and O–H groups in total. The maximum atomic E-state index is 13.1. The maximum absolute atomic E-state index is 13.1. The number of hydrogen-bond donors (Lipinski definition) is 2. The van der Waals surface area contributed by atoms with E-state index in [0.717, 1.165) is 32.0 Å². The number of likely N-dealkylation sites (tertiary alicyclic amines) is 1. The van der Waals surface area contributed by atoms with E-state index in [9.17, 15) is 14.3 Å². The summed E-state index contributed by atoms with van der Waals surface area (Å²) in [4.78, 5) is 14.3. The van der Waals surface area contributed by atoms with Crippen molar-refractivity contribution in [1.82, 2.24) is 10.2 Å². The highest BCUT2D eigenvalue weighted by Crippen LogP contribution is 2.17. The van der Waals surface area contributed by atoms with Crippen LogP contribution >= 0.6 is 0 Å². The van der Waals surface area contributed by atoms with Gasteiger partial charge in [0, 0.05) is 6.54 Å². The zero-order chi connectivity index (χ0) is 16.7. The molecule has 1 aliphatic rings. The van der Waals surface area contributed by atoms with Crippen molar-refractivity contribution in [3.05, 3.63) is 35.6 Å². The number of rotatable bonds is 7. The summed E-state index contributed by atoms with van der Waals surface area (Å²) in [7, 11) is 0. The van der Waals surface area contributed by atoms with Crippen LogP contribution in [0.2, 0.25) is 0 Å². The molecule has 0 radical (unpaired) electrons. The van der Waals surface area contributed by atoms with E-state index in [0.29, 0.717) is 12.1 Å². The molecule has 1 atom stereocenters. The third-order valence-electron chi connectivity index (χ3n) is 4.46. The summed E-state index contributed by atoms with van der Waals surface area (Å²) < 4.78 is 13.1. The van der Waals surface area contributed by atoms with Crippen molar-refractivity contribution in [2.45, 2.75) is 38.7 Å². The summed E-state index contributed by atoms with van der Waals surface area (Å²) in [5, 5.41) is 12.8. The number of piperidine rings is 1. The molecule has 0 spiro atoms. The van der Waals surface area contributed by atoms with Crippen molar-refractivity contribution in [3.8, 4) is 0 Å². The molecule has 1 heterocycles. The normalized spacial score (nSPS) is 17.9. The fourth-order valence-corrected chi connectivity index (χ4v) is 2.90. The predicted molar refractivity (Wildman–Crippen MR) is 88.4 cm³/mol. The summed E-state index contributed by atoms with van der Waals surface area (Å²) in [6.45, 7) is 6.20. The average Bonchev–Trinajstić information content (AvgIpc) is 2.53. The van der Waals surface area contributed by atoms with Crippen LogP contribution in [-0.2, 0) is 4.79 Å². The Morgan fingerprint density at radius 1 is 1.43 bits per heavy atom. The molecule has 2 rings (SSSR count). The van der Waals surface area contributed by atoms with Gasteiger partial charge in [0.05, 0.1) is 12.5 Å². The SMILES string of the molecule is CC1CCN(CCCNC(=O)CC(O)c2cccc(F)c2)CC1. The van der Waals surface area contributed by atoms with E-state index in [4.69, 9.17) is 0 Å². The number of aliphatic hydroxyl groups excluding tert-OH is 1. The summed E-state index contributed by atoms with van der Waals surface area (Å²) >= 11 is 0. The van der Waals surface area contributed by atoms with Crippen LogP contribution in [-0.4, -0.2) is 42.1 Å². The van der Waals surface area contributed by atoms with E-state index in [1.165, 1.54) is 31.0 Å². The van der Waals surface area contributed by atoms with Gasteiger partial charge in [-0.3, -0.25) is 4.79 Å². The van der Waals surface area contributed by atoms with Gasteiger partial charge in [0.1, 0.15) is 5.82 Å². The molecule has 1 saturated heterocycles. The lowest BCUT2D eigenvalue weighted by atomic mass is 9.99. The molecule has 4 nitrogen and oxygen atoms in total. The molecule has 0 aromatic heterocycles. The zero-order valence-corrected chi connectivity index (χ0v) is 13.8. The Labute approximate surface area is 137 Å². The number of nitrogens with zero attached hydrogens (tertiary/aromatic N) is 1. The van der Waals surface area contributed by atoms with Crippen LogP contribution in [0, 0.1) is 11.7 Å². The number of amides is 1. The Bertz CT molecular complexity index is 502. The highest BCUT2D eigenvalue weighted by Gasteiger charge is 2.16. The summed E-state index contributed by atoms with van der Waals surface area (Å²) in [6, 6.07) is 5.73. The lowest BCUT2D eigenvalue weighted by molar-refractivity contribution is -0.123. The summed E-state index contributed by atoms with van der Waals surface area (Å²) in [6.07, 6.45) is 2.42. The van der Waals surface area contributed by atoms with E-state index in [1.54, 1.807) is 6.07 Å². The fraction of sp³-hybridized carbons (Fsp3) is 0.611. The van der Waals surface area contributed by atoms with Crippen molar-refractivity contribution in [1.29, 1.82) is 0 Å². The van der Waals surface area contributed by atoms with Crippen LogP contribution in [0.5, 0.6) is 0 Å². The van der Waals surface area contributed by atoms with Gasteiger partial charge in [-0.1, -0.05) is 19.1 Å². The molecular weight excluding hydrogens is 295 g/mol. The van der Waals surface area contributed by atoms with Crippen molar-refractivity contribution in [3.63, 3.8) is 0 Å². The first-order valence-corrected chi connectivity index (χ1v) is 8.47. The minimum absolute atomic E-state index is 0.0370. The molecule has 1 aromatic carbocycles. The standard InChI is InChI=1S/C18H27FN2O2/c1-14-6-10-21(11-7-14)9-3-8-20-18(23)13-17(22)15-4-2-5-16(19)12-15/h2,4-5,12,14,17,22H,3,6-11,13H2,1H3,(H,20,23). The molecule has 1 amide bonds. The van der Waals surface area contributed by atoms with E-state index in [-0.39, 0.29) is 12.3 Å². The number of nitrogens with one attached hydrogen (secondary N) is 1. The molecule has 0 saturated carbocycles. The number of hydrogen-bond acceptors (Lipinski definition) is 3. The number of aliphatic hydroxyl groups is 1. The van der Waals surface area contributed by atoms with Gasteiger partial charge in [0.2, 0.25) is 5.91 Å². The first-order chi connectivity index (χ1) is 11.0. The largest absolute Gasteiger partial charge is 0.388 e. The number of carbonyl (C=O) groups excluding carboxylic acids is 1. The van der Waals surface area contributed by atoms with Crippen LogP contribution in [0.15, 0.2) is 24.3 Å². The minimum Gasteiger partial charge on any atom is -0.388 e. The molecule has 1 aromatic rings. The van der Waals surface area contributed by atoms with Gasteiger partial charge in [-0.05, 0) is 62.5 Å². The van der Waals surface area contributed by atoms with Crippen molar-refractivity contribution >= 4 is 5.91 Å². The van der Waals surface area contributed by atoms with Gasteiger partial charge in [-0.15, -0.1) is 0 Å². The van der Waals surface area contributed by atoms with E-state index in [2.05, 4.69) is 17.1 Å². The maximum Gasteiger partial charge on any atom is 0.222 e. The van der Waals surface area contributed by atoms with Crippen LogP contribution in [0.3, 0.4) is 0 Å². The van der Waals surface area contributed by atoms with E-state index < -0.39 is 11.9 Å². The monoisotopic (exact) mass is 322 g/mol. The molecule has 5 heteroatoms. The molecular formula is C18H27FN2O2. The predicted octanol–water partition coefficient (Wildman–Crippen LogP) is 2.49. The second-order valence-electron chi connectivity index (χ2n) is 6.50. The number of halogens is 1. The lowest BCUT2D eigenvalue weighted by Gasteiger charge is -2.30. The van der Waals surface area contributed by atoms with Crippen LogP contribution in [0.1, 0.15) is 44.3 Å². The average molecular weight is 322 g/mol. The fourth-order valence-electron chi connectivity index (χ4n) is 2.90. The van der Waals surface area contributed by atoms with E-state index >= 15 is 0 Å². The van der Waals surface area contributed by atoms with Crippen LogP contribution in [0.4, 0.5) is 4.39 Å². The second-order valence-corrected chi connectivity index (χ2v) is 6.50. The van der Waals surface area contributed by atoms with Gasteiger partial charge in [-0.2, -0.15) is 0 Å². The molecule has 1 fully saturated rings. The third kappa shape index (κ3) is 6.28. The molecule has 0 bridgehead atoms. The Hall–Kier alpha value is -1.46. The molecule has 128 valence electrons. The van der Waals surface area contributed by atoms with E-state index in [1.807, 2.05) is 0 Å². The first kappa shape index (κ1) is 17.9. The second kappa shape index (κ2) is 8.99. The van der Waals surface area contributed by atoms with Crippen molar-refractivity contribution < 1.29 is 14.3 Å². The number of benzene rings is 1. The highest BCUT2D eigenvalue weighted by atomic mass is 19.1. The van der Waals surface area contributed by atoms with Crippen molar-refractivity contribution in [2.75, 3.05) is 26.2 Å². The smallest absolute Gasteiger partial charge is 0.222 e. The zero-order valence-electron chi connectivity index (χ0n) is 13.8. The lowest BCUT2D eigenvalue weighted by Crippen LogP contribution is -2.35. The van der Waals surface area contributed by atoms with Crippen LogP contribution < -0.4 is 5.32 Å². The topological polar surface area (TPSA) is 52.6 Å². The number of carbonyl (C=O) groups is 1. The Morgan fingerprint density at radius 2 is 2.17 bits per heavy atom.